The van der Waals surface area contributed by atoms with Crippen LogP contribution < -0.4 is 11.5 Å². The maximum Gasteiger partial charge on any atom is 0.198 e. The van der Waals surface area contributed by atoms with Crippen molar-refractivity contribution in [3.63, 3.8) is 0 Å². The summed E-state index contributed by atoms with van der Waals surface area (Å²) < 4.78 is 5.78. The predicted molar refractivity (Wildman–Crippen MR) is 140 cm³/mol. The number of ether oxygens (including phenoxy) is 1. The summed E-state index contributed by atoms with van der Waals surface area (Å²) in [5.74, 6) is 1.55. The van der Waals surface area contributed by atoms with Crippen LogP contribution in [0.2, 0.25) is 0 Å². The number of hydrogen-bond acceptors (Lipinski definition) is 6. The van der Waals surface area contributed by atoms with Gasteiger partial charge in [0.05, 0.1) is 6.54 Å². The lowest BCUT2D eigenvalue weighted by Crippen LogP contribution is -2.24. The number of rotatable bonds is 14. The molecule has 0 aromatic carbocycles. The molecule has 4 N–H and O–H groups in total. The van der Waals surface area contributed by atoms with Crippen molar-refractivity contribution < 1.29 is 19.1 Å². The zero-order chi connectivity index (χ0) is 26.5. The first-order valence-electron chi connectivity index (χ1n) is 12.6. The van der Waals surface area contributed by atoms with Crippen LogP contribution in [0, 0.1) is 23.7 Å². The second-order valence-electron chi connectivity index (χ2n) is 7.21. The van der Waals surface area contributed by atoms with Crippen LogP contribution >= 0.6 is 0 Å². The van der Waals surface area contributed by atoms with Crippen LogP contribution in [0.4, 0.5) is 0 Å². The van der Waals surface area contributed by atoms with E-state index in [1.165, 1.54) is 33.2 Å². The highest BCUT2D eigenvalue weighted by Crippen LogP contribution is 2.28. The second-order valence-corrected chi connectivity index (χ2v) is 7.21. The molecule has 0 bridgehead atoms. The van der Waals surface area contributed by atoms with Crippen molar-refractivity contribution in [1.82, 2.24) is 0 Å². The predicted octanol–water partition coefficient (Wildman–Crippen LogP) is 5.45. The Morgan fingerprint density at radius 3 is 1.69 bits per heavy atom. The van der Waals surface area contributed by atoms with E-state index in [-0.39, 0.29) is 24.0 Å². The molecule has 0 radical (unpaired) electrons. The smallest absolute Gasteiger partial charge is 0.198 e. The van der Waals surface area contributed by atoms with Crippen molar-refractivity contribution in [3.05, 3.63) is 0 Å². The molecule has 0 saturated heterocycles. The van der Waals surface area contributed by atoms with Gasteiger partial charge in [-0.05, 0) is 44.6 Å². The summed E-state index contributed by atoms with van der Waals surface area (Å²) in [7, 11) is 1.50. The Kier molecular flexibility index (Phi) is 44.4. The van der Waals surface area contributed by atoms with Crippen LogP contribution in [-0.4, -0.2) is 44.7 Å². The summed E-state index contributed by atoms with van der Waals surface area (Å²) in [5, 5.41) is 0. The van der Waals surface area contributed by atoms with Crippen molar-refractivity contribution in [1.29, 1.82) is 0 Å². The summed E-state index contributed by atoms with van der Waals surface area (Å²) in [4.78, 5) is 31.6. The first-order chi connectivity index (χ1) is 15.3. The molecule has 196 valence electrons. The number of Topliss-reactive ketones (excluding diaryl/α,β-unsaturated/α-hetero) is 2. The van der Waals surface area contributed by atoms with Crippen LogP contribution in [-0.2, 0) is 19.1 Å². The number of hydrogen-bond donors (Lipinski definition) is 2. The van der Waals surface area contributed by atoms with Gasteiger partial charge in [0.25, 0.3) is 0 Å². The van der Waals surface area contributed by atoms with E-state index in [0.29, 0.717) is 37.6 Å². The number of carbonyl (C=O) groups excluding carboxylic acids is 3. The monoisotopic (exact) mass is 462 g/mol. The van der Waals surface area contributed by atoms with Crippen LogP contribution in [0.15, 0.2) is 0 Å². The molecule has 0 heterocycles. The standard InChI is InChI=1S/C18H34O3.C3H7NO.2C2H6.CH5N/c1-6-9-17(14(4)7-2)15(5)13-21-11-10-16(8-3)18(20)12-19;1-3(5)2-4;3*1-2/h12,14-17H,6-11,13H2,1-5H3;2,4H2,1H3;2*1-2H3;2H2,1H3/t14?,15?,16-,17-;;;;/m1..../s1. The normalized spacial score (nSPS) is 12.9. The van der Waals surface area contributed by atoms with E-state index in [1.807, 2.05) is 34.6 Å². The van der Waals surface area contributed by atoms with Crippen LogP contribution in [0.1, 0.15) is 101 Å². The van der Waals surface area contributed by atoms with Crippen molar-refractivity contribution in [2.24, 2.45) is 35.1 Å². The molecule has 0 spiro atoms. The average molecular weight is 463 g/mol. The highest BCUT2D eigenvalue weighted by molar-refractivity contribution is 6.25. The molecule has 0 saturated carbocycles. The van der Waals surface area contributed by atoms with Crippen LogP contribution in [0.5, 0.6) is 0 Å². The molecule has 32 heavy (non-hydrogen) atoms. The third-order valence-electron chi connectivity index (χ3n) is 5.02. The minimum Gasteiger partial charge on any atom is -0.381 e. The summed E-state index contributed by atoms with van der Waals surface area (Å²) in [6, 6.07) is 0. The van der Waals surface area contributed by atoms with Gasteiger partial charge in [-0.1, -0.05) is 81.6 Å². The Bertz CT molecular complexity index is 390. The van der Waals surface area contributed by atoms with Gasteiger partial charge in [-0.15, -0.1) is 0 Å². The topological polar surface area (TPSA) is 112 Å². The third-order valence-corrected chi connectivity index (χ3v) is 5.02. The molecule has 0 aromatic rings. The summed E-state index contributed by atoms with van der Waals surface area (Å²) in [6.45, 7) is 22.0. The summed E-state index contributed by atoms with van der Waals surface area (Å²) >= 11 is 0. The zero-order valence-corrected chi connectivity index (χ0v) is 23.3. The van der Waals surface area contributed by atoms with E-state index in [0.717, 1.165) is 12.5 Å². The molecule has 6 heteroatoms. The minimum atomic E-state index is -0.294. The molecular weight excluding hydrogens is 404 g/mol. The first kappa shape index (κ1) is 41.2. The fourth-order valence-corrected chi connectivity index (χ4v) is 3.03. The number of carbonyl (C=O) groups is 3. The van der Waals surface area contributed by atoms with Gasteiger partial charge >= 0.3 is 0 Å². The molecule has 0 fully saturated rings. The molecule has 0 aliphatic heterocycles. The highest BCUT2D eigenvalue weighted by atomic mass is 16.5. The lowest BCUT2D eigenvalue weighted by atomic mass is 9.79. The minimum absolute atomic E-state index is 0.0324. The molecule has 0 aromatic heterocycles. The fraction of sp³-hybridized carbons (Fsp3) is 0.885. The maximum atomic E-state index is 11.4. The molecule has 0 rings (SSSR count). The van der Waals surface area contributed by atoms with Gasteiger partial charge in [0.2, 0.25) is 0 Å². The van der Waals surface area contributed by atoms with E-state index >= 15 is 0 Å². The number of aldehydes is 1. The Labute approximate surface area is 200 Å². The van der Waals surface area contributed by atoms with Gasteiger partial charge in [-0.25, -0.2) is 0 Å². The van der Waals surface area contributed by atoms with Crippen molar-refractivity contribution in [2.45, 2.75) is 101 Å². The van der Waals surface area contributed by atoms with Gasteiger partial charge in [-0.3, -0.25) is 14.4 Å². The van der Waals surface area contributed by atoms with E-state index in [9.17, 15) is 14.4 Å². The SMILES string of the molecule is CC.CC.CC(=O)CN.CCC[C@H](C(C)CC)C(C)COCC[C@@H](CC)C(=O)C=O.CN. The molecule has 4 atom stereocenters. The summed E-state index contributed by atoms with van der Waals surface area (Å²) in [5.41, 5.74) is 9.32. The molecule has 0 aliphatic carbocycles. The van der Waals surface area contributed by atoms with Crippen LogP contribution in [0.25, 0.3) is 0 Å². The molecule has 0 amide bonds. The van der Waals surface area contributed by atoms with Crippen molar-refractivity contribution >= 4 is 17.9 Å². The summed E-state index contributed by atoms with van der Waals surface area (Å²) in [6.07, 6.45) is 5.48. The van der Waals surface area contributed by atoms with Crippen LogP contribution in [0.3, 0.4) is 0 Å². The van der Waals surface area contributed by atoms with E-state index in [2.05, 4.69) is 33.4 Å². The van der Waals surface area contributed by atoms with Gasteiger partial charge in [-0.2, -0.15) is 0 Å². The fourth-order valence-electron chi connectivity index (χ4n) is 3.03. The van der Waals surface area contributed by atoms with E-state index in [1.54, 1.807) is 0 Å². The largest absolute Gasteiger partial charge is 0.381 e. The van der Waals surface area contributed by atoms with Gasteiger partial charge in [0, 0.05) is 19.1 Å². The quantitative estimate of drug-likeness (QED) is 0.202. The lowest BCUT2D eigenvalue weighted by Gasteiger charge is -2.29. The number of nitrogens with two attached hydrogens (primary N) is 2. The zero-order valence-electron chi connectivity index (χ0n) is 23.3. The molecule has 6 nitrogen and oxygen atoms in total. The molecular formula is C26H58N2O4. The van der Waals surface area contributed by atoms with Gasteiger partial charge in [0.1, 0.15) is 5.78 Å². The number of ketones is 2. The Balaban J connectivity index is -0.000000186. The van der Waals surface area contributed by atoms with E-state index < -0.39 is 0 Å². The first-order valence-corrected chi connectivity index (χ1v) is 12.6. The van der Waals surface area contributed by atoms with Gasteiger partial charge in [0.15, 0.2) is 12.1 Å². The van der Waals surface area contributed by atoms with E-state index in [4.69, 9.17) is 10.5 Å². The third kappa shape index (κ3) is 26.9. The Morgan fingerprint density at radius 2 is 1.38 bits per heavy atom. The lowest BCUT2D eigenvalue weighted by molar-refractivity contribution is -0.133. The second kappa shape index (κ2) is 34.5. The molecule has 2 unspecified atom stereocenters. The van der Waals surface area contributed by atoms with Gasteiger partial charge < -0.3 is 16.2 Å². The Morgan fingerprint density at radius 1 is 0.906 bits per heavy atom. The average Bonchev–Trinajstić information content (AvgIpc) is 2.85. The van der Waals surface area contributed by atoms with Crippen molar-refractivity contribution in [3.8, 4) is 0 Å². The maximum absolute atomic E-state index is 11.4. The Hall–Kier alpha value is -1.11. The molecule has 0 aliphatic rings. The van der Waals surface area contributed by atoms with Crippen molar-refractivity contribution in [2.75, 3.05) is 26.8 Å². The highest BCUT2D eigenvalue weighted by Gasteiger charge is 2.22.